The van der Waals surface area contributed by atoms with Crippen LogP contribution >= 0.6 is 0 Å². The van der Waals surface area contributed by atoms with E-state index >= 15 is 0 Å². The summed E-state index contributed by atoms with van der Waals surface area (Å²) in [4.78, 5) is 40.9. The third kappa shape index (κ3) is 5.52. The highest BCUT2D eigenvalue weighted by molar-refractivity contribution is 6.00. The molecule has 1 heterocycles. The number of carbonyl (C=O) groups excluding carboxylic acids is 3. The number of aromatic nitrogens is 1. The summed E-state index contributed by atoms with van der Waals surface area (Å²) >= 11 is 0. The molecule has 3 aromatic carbocycles. The normalized spacial score (nSPS) is 12.4. The predicted molar refractivity (Wildman–Crippen MR) is 149 cm³/mol. The zero-order valence-corrected chi connectivity index (χ0v) is 21.1. The zero-order chi connectivity index (χ0) is 26.6. The van der Waals surface area contributed by atoms with Crippen molar-refractivity contribution in [2.75, 3.05) is 23.7 Å². The molecule has 7 N–H and O–H groups in total. The van der Waals surface area contributed by atoms with Gasteiger partial charge in [0.05, 0.1) is 6.54 Å². The van der Waals surface area contributed by atoms with E-state index in [1.807, 2.05) is 55.5 Å². The number of nitrogens with one attached hydrogen (secondary N) is 5. The van der Waals surface area contributed by atoms with Gasteiger partial charge in [0, 0.05) is 34.5 Å². The second-order valence-corrected chi connectivity index (χ2v) is 9.44. The highest BCUT2D eigenvalue weighted by Gasteiger charge is 2.22. The molecule has 194 valence electrons. The Kier molecular flexibility index (Phi) is 7.10. The molecular weight excluding hydrogens is 480 g/mol. The topological polar surface area (TPSA) is 141 Å². The summed E-state index contributed by atoms with van der Waals surface area (Å²) in [5.41, 5.74) is 13.4. The third-order valence-electron chi connectivity index (χ3n) is 6.64. The Morgan fingerprint density at radius 1 is 0.921 bits per heavy atom. The first kappa shape index (κ1) is 25.0. The second kappa shape index (κ2) is 10.8. The van der Waals surface area contributed by atoms with Crippen molar-refractivity contribution >= 4 is 40.1 Å². The fourth-order valence-electron chi connectivity index (χ4n) is 4.83. The second-order valence-electron chi connectivity index (χ2n) is 9.44. The van der Waals surface area contributed by atoms with E-state index in [9.17, 15) is 14.4 Å². The van der Waals surface area contributed by atoms with Crippen LogP contribution in [0.15, 0.2) is 66.7 Å². The summed E-state index contributed by atoms with van der Waals surface area (Å²) in [5, 5.41) is 12.1. The molecule has 9 heteroatoms. The Morgan fingerprint density at radius 3 is 2.53 bits per heavy atom. The number of hydrogen-bond donors (Lipinski definition) is 6. The number of benzene rings is 3. The number of rotatable bonds is 8. The van der Waals surface area contributed by atoms with Crippen molar-refractivity contribution in [3.8, 4) is 11.1 Å². The largest absolute Gasteiger partial charge is 0.359 e. The van der Waals surface area contributed by atoms with Crippen LogP contribution in [-0.2, 0) is 16.0 Å². The van der Waals surface area contributed by atoms with Crippen LogP contribution < -0.4 is 27.0 Å². The molecule has 38 heavy (non-hydrogen) atoms. The number of anilines is 2. The number of H-pyrrole nitrogens is 1. The Hall–Kier alpha value is -4.63. The molecule has 5 rings (SSSR count). The summed E-state index contributed by atoms with van der Waals surface area (Å²) in [6, 6.07) is 20.2. The molecule has 9 nitrogen and oxygen atoms in total. The van der Waals surface area contributed by atoms with Gasteiger partial charge in [-0.3, -0.25) is 9.59 Å². The van der Waals surface area contributed by atoms with Crippen LogP contribution in [0.1, 0.15) is 23.2 Å². The van der Waals surface area contributed by atoms with Gasteiger partial charge in [-0.15, -0.1) is 0 Å². The van der Waals surface area contributed by atoms with Crippen molar-refractivity contribution in [2.24, 2.45) is 5.73 Å². The van der Waals surface area contributed by atoms with Crippen LogP contribution in [0.25, 0.3) is 22.0 Å². The molecular formula is C29H30N6O3. The molecule has 4 amide bonds. The van der Waals surface area contributed by atoms with Gasteiger partial charge >= 0.3 is 6.03 Å². The van der Waals surface area contributed by atoms with E-state index in [-0.39, 0.29) is 25.4 Å². The number of amides is 4. The molecule has 4 aromatic rings. The molecule has 1 aliphatic rings. The van der Waals surface area contributed by atoms with Crippen LogP contribution in [0.5, 0.6) is 0 Å². The van der Waals surface area contributed by atoms with Crippen LogP contribution in [0.2, 0.25) is 0 Å². The maximum Gasteiger partial charge on any atom is 0.319 e. The quantitative estimate of drug-likeness (QED) is 0.190. The molecule has 1 aliphatic carbocycles. The van der Waals surface area contributed by atoms with Gasteiger partial charge in [-0.05, 0) is 78.4 Å². The number of aryl methyl sites for hydroxylation is 1. The summed E-state index contributed by atoms with van der Waals surface area (Å²) < 4.78 is 0. The Balaban J connectivity index is 1.26. The predicted octanol–water partition coefficient (Wildman–Crippen LogP) is 3.64. The summed E-state index contributed by atoms with van der Waals surface area (Å²) in [5.74, 6) is -0.723. The minimum absolute atomic E-state index is 0.150. The van der Waals surface area contributed by atoms with Crippen molar-refractivity contribution < 1.29 is 14.4 Å². The lowest BCUT2D eigenvalue weighted by molar-refractivity contribution is -0.120. The fourth-order valence-corrected chi connectivity index (χ4v) is 4.83. The van der Waals surface area contributed by atoms with Crippen LogP contribution in [-0.4, -0.2) is 42.0 Å². The molecule has 0 saturated heterocycles. The van der Waals surface area contributed by atoms with Gasteiger partial charge in [-0.1, -0.05) is 30.3 Å². The van der Waals surface area contributed by atoms with Gasteiger partial charge in [0.2, 0.25) is 11.8 Å². The van der Waals surface area contributed by atoms with Crippen LogP contribution in [0.4, 0.5) is 16.2 Å². The first-order valence-electron chi connectivity index (χ1n) is 12.6. The average molecular weight is 511 g/mol. The minimum atomic E-state index is -0.893. The summed E-state index contributed by atoms with van der Waals surface area (Å²) in [7, 11) is 0. The standard InChI is InChI=1S/C29H30N6O3/c1-17-12-20-15-21(7-9-25(20)32-17)33-28(37)26(10-11-31-27(36)16-30)35-29(38)34-22-6-8-24-19(14-22)13-18-4-2-3-5-23(18)24/h2-9,12,14-15,26,32H,10-11,13,16,30H2,1H3,(H,31,36)(H,33,37)(H2,34,35,38)/t26-/m0/s1. The Morgan fingerprint density at radius 2 is 1.68 bits per heavy atom. The number of urea groups is 1. The Labute approximate surface area is 220 Å². The van der Waals surface area contributed by atoms with Crippen LogP contribution in [0, 0.1) is 6.92 Å². The highest BCUT2D eigenvalue weighted by atomic mass is 16.2. The molecule has 1 aromatic heterocycles. The smallest absolute Gasteiger partial charge is 0.319 e. The van der Waals surface area contributed by atoms with Gasteiger partial charge in [-0.25, -0.2) is 4.79 Å². The molecule has 1 atom stereocenters. The van der Waals surface area contributed by atoms with E-state index in [4.69, 9.17) is 5.73 Å². The van der Waals surface area contributed by atoms with E-state index in [1.165, 1.54) is 11.1 Å². The lowest BCUT2D eigenvalue weighted by Gasteiger charge is -2.19. The third-order valence-corrected chi connectivity index (χ3v) is 6.64. The molecule has 0 unspecified atom stereocenters. The van der Waals surface area contributed by atoms with E-state index in [0.29, 0.717) is 11.4 Å². The van der Waals surface area contributed by atoms with Gasteiger partial charge in [-0.2, -0.15) is 0 Å². The van der Waals surface area contributed by atoms with Gasteiger partial charge in [0.15, 0.2) is 0 Å². The summed E-state index contributed by atoms with van der Waals surface area (Å²) in [6.07, 6.45) is 0.996. The molecule has 0 aliphatic heterocycles. The van der Waals surface area contributed by atoms with Crippen molar-refractivity contribution in [1.29, 1.82) is 0 Å². The lowest BCUT2D eigenvalue weighted by Crippen LogP contribution is -2.47. The van der Waals surface area contributed by atoms with E-state index < -0.39 is 18.0 Å². The zero-order valence-electron chi connectivity index (χ0n) is 21.1. The van der Waals surface area contributed by atoms with E-state index in [2.05, 4.69) is 38.4 Å². The minimum Gasteiger partial charge on any atom is -0.359 e. The molecule has 0 radical (unpaired) electrons. The number of carbonyl (C=O) groups is 3. The Bertz CT molecular complexity index is 1530. The first-order chi connectivity index (χ1) is 18.4. The van der Waals surface area contributed by atoms with Gasteiger partial charge in [0.1, 0.15) is 6.04 Å². The van der Waals surface area contributed by atoms with Crippen molar-refractivity contribution in [3.05, 3.63) is 83.6 Å². The molecule has 0 fully saturated rings. The average Bonchev–Trinajstić information content (AvgIpc) is 3.46. The van der Waals surface area contributed by atoms with Crippen molar-refractivity contribution in [1.82, 2.24) is 15.6 Å². The number of fused-ring (bicyclic) bond motifs is 4. The van der Waals surface area contributed by atoms with Crippen molar-refractivity contribution in [2.45, 2.75) is 25.8 Å². The van der Waals surface area contributed by atoms with Gasteiger partial charge < -0.3 is 32.0 Å². The molecule has 0 spiro atoms. The van der Waals surface area contributed by atoms with Gasteiger partial charge in [0.25, 0.3) is 0 Å². The highest BCUT2D eigenvalue weighted by Crippen LogP contribution is 2.37. The number of aromatic amines is 1. The summed E-state index contributed by atoms with van der Waals surface area (Å²) in [6.45, 7) is 2.00. The molecule has 0 bridgehead atoms. The lowest BCUT2D eigenvalue weighted by atomic mass is 10.1. The van der Waals surface area contributed by atoms with E-state index in [0.717, 1.165) is 34.1 Å². The number of nitrogens with two attached hydrogens (primary N) is 1. The van der Waals surface area contributed by atoms with Crippen LogP contribution in [0.3, 0.4) is 0 Å². The molecule has 0 saturated carbocycles. The maximum atomic E-state index is 13.2. The SMILES string of the molecule is Cc1cc2cc(NC(=O)[C@H](CCNC(=O)CN)NC(=O)Nc3ccc4c(c3)Cc3ccccc3-4)ccc2[nH]1. The van der Waals surface area contributed by atoms with Crippen molar-refractivity contribution in [3.63, 3.8) is 0 Å². The fraction of sp³-hybridized carbons (Fsp3) is 0.207. The monoisotopic (exact) mass is 510 g/mol. The first-order valence-corrected chi connectivity index (χ1v) is 12.6. The number of hydrogen-bond acceptors (Lipinski definition) is 4. The maximum absolute atomic E-state index is 13.2. The van der Waals surface area contributed by atoms with E-state index in [1.54, 1.807) is 6.07 Å².